The Kier molecular flexibility index (Phi) is 5.01. The molecular formula is C21H27N5O2S. The van der Waals surface area contributed by atoms with E-state index in [0.29, 0.717) is 12.4 Å². The van der Waals surface area contributed by atoms with Gasteiger partial charge in [-0.05, 0) is 50.4 Å². The van der Waals surface area contributed by atoms with Crippen LogP contribution < -0.4 is 5.73 Å². The average molecular weight is 414 g/mol. The SMILES string of the molecule is Nc1cnc(-c2cc3c(s2)CCOC32CCN(C(=O)CN3CCCC3)CC2)cn1. The largest absolute Gasteiger partial charge is 0.382 e. The molecule has 2 aromatic rings. The van der Waals surface area contributed by atoms with Gasteiger partial charge < -0.3 is 15.4 Å². The third kappa shape index (κ3) is 3.65. The average Bonchev–Trinajstić information content (AvgIpc) is 3.40. The number of thiophene rings is 1. The normalized spacial score (nSPS) is 21.4. The monoisotopic (exact) mass is 413 g/mol. The molecule has 2 fully saturated rings. The van der Waals surface area contributed by atoms with Gasteiger partial charge in [0.15, 0.2) is 0 Å². The molecule has 0 atom stereocenters. The van der Waals surface area contributed by atoms with Crippen LogP contribution in [0, 0.1) is 0 Å². The number of likely N-dealkylation sites (tertiary alicyclic amines) is 2. The molecule has 2 N–H and O–H groups in total. The number of nitrogen functional groups attached to an aromatic ring is 1. The minimum absolute atomic E-state index is 0.265. The maximum absolute atomic E-state index is 12.7. The molecule has 0 unspecified atom stereocenters. The Hall–Kier alpha value is -2.03. The number of nitrogens with zero attached hydrogens (tertiary/aromatic N) is 4. The summed E-state index contributed by atoms with van der Waals surface area (Å²) in [7, 11) is 0. The fourth-order valence-electron chi connectivity index (χ4n) is 4.77. The predicted molar refractivity (Wildman–Crippen MR) is 113 cm³/mol. The molecule has 29 heavy (non-hydrogen) atoms. The summed E-state index contributed by atoms with van der Waals surface area (Å²) in [6.45, 7) is 4.95. The van der Waals surface area contributed by atoms with Gasteiger partial charge in [-0.15, -0.1) is 11.3 Å². The van der Waals surface area contributed by atoms with Crippen molar-refractivity contribution in [2.24, 2.45) is 0 Å². The van der Waals surface area contributed by atoms with Gasteiger partial charge in [-0.2, -0.15) is 0 Å². The van der Waals surface area contributed by atoms with Crippen LogP contribution in [-0.2, 0) is 21.6 Å². The highest BCUT2D eigenvalue weighted by Crippen LogP contribution is 2.46. The molecule has 7 nitrogen and oxygen atoms in total. The molecule has 8 heteroatoms. The van der Waals surface area contributed by atoms with E-state index in [1.807, 2.05) is 4.90 Å². The molecule has 0 saturated carbocycles. The standard InChI is InChI=1S/C21H27N5O2S/c22-19-13-23-16(12-24-19)18-11-15-17(29-18)3-10-28-21(15)4-8-26(9-5-21)20(27)14-25-6-1-2-7-25/h11-13H,1-10,14H2,(H2,22,24). The number of fused-ring (bicyclic) bond motifs is 2. The zero-order chi connectivity index (χ0) is 19.8. The van der Waals surface area contributed by atoms with Crippen molar-refractivity contribution in [3.63, 3.8) is 0 Å². The lowest BCUT2D eigenvalue weighted by molar-refractivity contribution is -0.141. The number of piperidine rings is 1. The third-order valence-corrected chi connectivity index (χ3v) is 7.63. The molecule has 0 aliphatic carbocycles. The Bertz CT molecular complexity index is 883. The van der Waals surface area contributed by atoms with E-state index in [4.69, 9.17) is 10.5 Å². The van der Waals surface area contributed by atoms with Crippen LogP contribution in [0.1, 0.15) is 36.1 Å². The Morgan fingerprint density at radius 1 is 1.17 bits per heavy atom. The molecule has 0 bridgehead atoms. The van der Waals surface area contributed by atoms with Gasteiger partial charge in [0.05, 0.1) is 41.7 Å². The van der Waals surface area contributed by atoms with Crippen molar-refractivity contribution >= 4 is 23.1 Å². The summed E-state index contributed by atoms with van der Waals surface area (Å²) in [5.41, 5.74) is 7.55. The predicted octanol–water partition coefficient (Wildman–Crippen LogP) is 2.27. The van der Waals surface area contributed by atoms with Gasteiger partial charge in [0.1, 0.15) is 5.82 Å². The van der Waals surface area contributed by atoms with Gasteiger partial charge in [-0.25, -0.2) is 9.97 Å². The molecule has 2 saturated heterocycles. The van der Waals surface area contributed by atoms with Crippen molar-refractivity contribution in [1.82, 2.24) is 19.8 Å². The summed E-state index contributed by atoms with van der Waals surface area (Å²) in [5, 5.41) is 0. The lowest BCUT2D eigenvalue weighted by atomic mass is 9.82. The number of hydrogen-bond donors (Lipinski definition) is 1. The summed E-state index contributed by atoms with van der Waals surface area (Å²) >= 11 is 1.78. The van der Waals surface area contributed by atoms with E-state index in [1.165, 1.54) is 23.3 Å². The highest BCUT2D eigenvalue weighted by atomic mass is 32.1. The number of nitrogens with two attached hydrogens (primary N) is 1. The molecule has 2 aromatic heterocycles. The Balaban J connectivity index is 1.31. The van der Waals surface area contributed by atoms with E-state index in [-0.39, 0.29) is 11.5 Å². The number of carbonyl (C=O) groups is 1. The minimum atomic E-state index is -0.270. The first-order chi connectivity index (χ1) is 14.1. The maximum Gasteiger partial charge on any atom is 0.236 e. The lowest BCUT2D eigenvalue weighted by Crippen LogP contribution is -2.50. The van der Waals surface area contributed by atoms with Crippen LogP contribution in [0.25, 0.3) is 10.6 Å². The summed E-state index contributed by atoms with van der Waals surface area (Å²) in [6, 6.07) is 2.22. The minimum Gasteiger partial charge on any atom is -0.382 e. The zero-order valence-corrected chi connectivity index (χ0v) is 17.4. The maximum atomic E-state index is 12.7. The number of anilines is 1. The molecule has 0 radical (unpaired) electrons. The van der Waals surface area contributed by atoms with Crippen LogP contribution in [0.5, 0.6) is 0 Å². The second-order valence-electron chi connectivity index (χ2n) is 8.23. The third-order valence-electron chi connectivity index (χ3n) is 6.41. The second kappa shape index (κ2) is 7.66. The summed E-state index contributed by atoms with van der Waals surface area (Å²) < 4.78 is 6.36. The molecule has 154 valence electrons. The van der Waals surface area contributed by atoms with Gasteiger partial charge in [0, 0.05) is 24.4 Å². The van der Waals surface area contributed by atoms with Crippen LogP contribution in [-0.4, -0.2) is 65.0 Å². The van der Waals surface area contributed by atoms with E-state index in [2.05, 4.69) is 20.9 Å². The smallest absolute Gasteiger partial charge is 0.236 e. The molecule has 3 aliphatic rings. The molecule has 1 amide bonds. The van der Waals surface area contributed by atoms with Crippen molar-refractivity contribution in [1.29, 1.82) is 0 Å². The molecule has 0 aromatic carbocycles. The van der Waals surface area contributed by atoms with Crippen LogP contribution in [0.3, 0.4) is 0 Å². The first-order valence-corrected chi connectivity index (χ1v) is 11.3. The number of aromatic nitrogens is 2. The zero-order valence-electron chi connectivity index (χ0n) is 16.6. The summed E-state index contributed by atoms with van der Waals surface area (Å²) in [6.07, 6.45) is 8.41. The number of hydrogen-bond acceptors (Lipinski definition) is 7. The number of rotatable bonds is 3. The van der Waals surface area contributed by atoms with Crippen molar-refractivity contribution in [3.05, 3.63) is 28.9 Å². The number of carbonyl (C=O) groups excluding carboxylic acids is 1. The Morgan fingerprint density at radius 3 is 2.69 bits per heavy atom. The van der Waals surface area contributed by atoms with Crippen molar-refractivity contribution in [2.45, 2.75) is 37.7 Å². The van der Waals surface area contributed by atoms with Gasteiger partial charge >= 0.3 is 0 Å². The Morgan fingerprint density at radius 2 is 1.97 bits per heavy atom. The van der Waals surface area contributed by atoms with Gasteiger partial charge in [0.25, 0.3) is 0 Å². The second-order valence-corrected chi connectivity index (χ2v) is 9.37. The van der Waals surface area contributed by atoms with Crippen LogP contribution in [0.2, 0.25) is 0 Å². The quantitative estimate of drug-likeness (QED) is 0.831. The van der Waals surface area contributed by atoms with Crippen LogP contribution in [0.4, 0.5) is 5.82 Å². The Labute approximate surface area is 174 Å². The van der Waals surface area contributed by atoms with Crippen LogP contribution in [0.15, 0.2) is 18.5 Å². The van der Waals surface area contributed by atoms with E-state index < -0.39 is 0 Å². The van der Waals surface area contributed by atoms with Crippen molar-refractivity contribution in [2.75, 3.05) is 45.1 Å². The lowest BCUT2D eigenvalue weighted by Gasteiger charge is -2.44. The van der Waals surface area contributed by atoms with E-state index in [9.17, 15) is 4.79 Å². The number of amides is 1. The summed E-state index contributed by atoms with van der Waals surface area (Å²) in [5.74, 6) is 0.696. The van der Waals surface area contributed by atoms with E-state index >= 15 is 0 Å². The molecular weight excluding hydrogens is 386 g/mol. The first kappa shape index (κ1) is 19.0. The van der Waals surface area contributed by atoms with Crippen molar-refractivity contribution < 1.29 is 9.53 Å². The van der Waals surface area contributed by atoms with E-state index in [1.54, 1.807) is 23.7 Å². The number of ether oxygens (including phenoxy) is 1. The first-order valence-electron chi connectivity index (χ1n) is 10.5. The van der Waals surface area contributed by atoms with Crippen LogP contribution >= 0.6 is 11.3 Å². The molecule has 5 heterocycles. The fraction of sp³-hybridized carbons (Fsp3) is 0.571. The van der Waals surface area contributed by atoms with Gasteiger partial charge in [0.2, 0.25) is 5.91 Å². The van der Waals surface area contributed by atoms with Gasteiger partial charge in [-0.3, -0.25) is 9.69 Å². The molecule has 5 rings (SSSR count). The molecule has 1 spiro atoms. The highest BCUT2D eigenvalue weighted by Gasteiger charge is 2.43. The molecule has 3 aliphatic heterocycles. The summed E-state index contributed by atoms with van der Waals surface area (Å²) in [4.78, 5) is 28.1. The van der Waals surface area contributed by atoms with E-state index in [0.717, 1.165) is 62.6 Å². The topological polar surface area (TPSA) is 84.6 Å². The van der Waals surface area contributed by atoms with Crippen molar-refractivity contribution in [3.8, 4) is 10.6 Å². The van der Waals surface area contributed by atoms with Gasteiger partial charge in [-0.1, -0.05) is 0 Å². The highest BCUT2D eigenvalue weighted by molar-refractivity contribution is 7.15. The fourth-order valence-corrected chi connectivity index (χ4v) is 5.96.